The summed E-state index contributed by atoms with van der Waals surface area (Å²) < 4.78 is 7.52. The number of aryl methyl sites for hydroxylation is 1. The van der Waals surface area contributed by atoms with Crippen LogP contribution in [0.1, 0.15) is 37.5 Å². The molecule has 0 saturated heterocycles. The number of rotatable bonds is 4. The van der Waals surface area contributed by atoms with E-state index in [4.69, 9.17) is 16.3 Å². The van der Waals surface area contributed by atoms with Gasteiger partial charge >= 0.3 is 0 Å². The second kappa shape index (κ2) is 5.37. The number of hydrogen-bond donors (Lipinski definition) is 0. The second-order valence-electron chi connectivity index (χ2n) is 4.97. The van der Waals surface area contributed by atoms with E-state index >= 15 is 0 Å². The van der Waals surface area contributed by atoms with E-state index in [-0.39, 0.29) is 0 Å². The third-order valence-corrected chi connectivity index (χ3v) is 3.99. The van der Waals surface area contributed by atoms with Crippen molar-refractivity contribution in [1.82, 2.24) is 14.5 Å². The molecule has 4 nitrogen and oxygen atoms in total. The van der Waals surface area contributed by atoms with Crippen LogP contribution in [0.25, 0.3) is 11.2 Å². The van der Waals surface area contributed by atoms with Crippen LogP contribution in [0.4, 0.5) is 0 Å². The first-order valence-corrected chi connectivity index (χ1v) is 7.34. The Bertz CT molecular complexity index is 575. The lowest BCUT2D eigenvalue weighted by Gasteiger charge is -2.15. The quantitative estimate of drug-likeness (QED) is 0.806. The standard InChI is InChI=1S/C14H18ClN3O/c1-19-13-7-6-11-14(17-13)18(10-4-2-3-5-10)12(16-11)8-9-15/h6-7,10H,2-5,8-9H2,1H3. The second-order valence-corrected chi connectivity index (χ2v) is 5.35. The molecule has 19 heavy (non-hydrogen) atoms. The number of fused-ring (bicyclic) bond motifs is 1. The van der Waals surface area contributed by atoms with Crippen molar-refractivity contribution in [1.29, 1.82) is 0 Å². The van der Waals surface area contributed by atoms with E-state index in [9.17, 15) is 0 Å². The molecule has 1 fully saturated rings. The van der Waals surface area contributed by atoms with Gasteiger partial charge in [0, 0.05) is 24.4 Å². The molecular formula is C14H18ClN3O. The molecule has 0 bridgehead atoms. The number of alkyl halides is 1. The highest BCUT2D eigenvalue weighted by molar-refractivity contribution is 6.17. The minimum Gasteiger partial charge on any atom is -0.481 e. The van der Waals surface area contributed by atoms with Gasteiger partial charge in [-0.3, -0.25) is 0 Å². The molecule has 0 amide bonds. The predicted molar refractivity (Wildman–Crippen MR) is 76.0 cm³/mol. The topological polar surface area (TPSA) is 39.9 Å². The Morgan fingerprint density at radius 3 is 2.79 bits per heavy atom. The number of hydrogen-bond acceptors (Lipinski definition) is 3. The van der Waals surface area contributed by atoms with Crippen LogP contribution in [0.5, 0.6) is 5.88 Å². The molecule has 1 aliphatic rings. The lowest BCUT2D eigenvalue weighted by Crippen LogP contribution is -2.10. The summed E-state index contributed by atoms with van der Waals surface area (Å²) in [4.78, 5) is 9.26. The number of pyridine rings is 1. The van der Waals surface area contributed by atoms with Gasteiger partial charge in [-0.15, -0.1) is 11.6 Å². The van der Waals surface area contributed by atoms with Crippen LogP contribution in [-0.4, -0.2) is 27.5 Å². The van der Waals surface area contributed by atoms with Crippen molar-refractivity contribution >= 4 is 22.8 Å². The molecule has 0 spiro atoms. The molecule has 0 radical (unpaired) electrons. The fourth-order valence-corrected chi connectivity index (χ4v) is 3.09. The van der Waals surface area contributed by atoms with E-state index in [1.165, 1.54) is 25.7 Å². The van der Waals surface area contributed by atoms with Gasteiger partial charge in [0.2, 0.25) is 5.88 Å². The van der Waals surface area contributed by atoms with Crippen LogP contribution < -0.4 is 4.74 Å². The molecule has 1 saturated carbocycles. The van der Waals surface area contributed by atoms with Gasteiger partial charge in [0.25, 0.3) is 0 Å². The molecule has 2 heterocycles. The average molecular weight is 280 g/mol. The maximum Gasteiger partial charge on any atom is 0.215 e. The largest absolute Gasteiger partial charge is 0.481 e. The van der Waals surface area contributed by atoms with Crippen molar-refractivity contribution in [3.8, 4) is 5.88 Å². The molecule has 0 aliphatic heterocycles. The van der Waals surface area contributed by atoms with Crippen molar-refractivity contribution in [3.05, 3.63) is 18.0 Å². The van der Waals surface area contributed by atoms with Crippen LogP contribution in [0, 0.1) is 0 Å². The summed E-state index contributed by atoms with van der Waals surface area (Å²) in [6, 6.07) is 4.35. The maximum atomic E-state index is 5.90. The zero-order valence-corrected chi connectivity index (χ0v) is 11.9. The summed E-state index contributed by atoms with van der Waals surface area (Å²) in [6.07, 6.45) is 5.78. The normalized spacial score (nSPS) is 16.3. The van der Waals surface area contributed by atoms with E-state index in [1.807, 2.05) is 12.1 Å². The SMILES string of the molecule is COc1ccc2nc(CCCl)n(C3CCCC3)c2n1. The van der Waals surface area contributed by atoms with Crippen molar-refractivity contribution in [2.45, 2.75) is 38.1 Å². The van der Waals surface area contributed by atoms with Gasteiger partial charge in [0.15, 0.2) is 5.65 Å². The molecule has 0 aromatic carbocycles. The predicted octanol–water partition coefficient (Wildman–Crippen LogP) is 3.34. The van der Waals surface area contributed by atoms with Crippen LogP contribution in [0.3, 0.4) is 0 Å². The average Bonchev–Trinajstić information content (AvgIpc) is 3.04. The maximum absolute atomic E-state index is 5.90. The number of aromatic nitrogens is 3. The van der Waals surface area contributed by atoms with Gasteiger partial charge in [0.05, 0.1) is 7.11 Å². The Balaban J connectivity index is 2.14. The van der Waals surface area contributed by atoms with E-state index in [0.717, 1.165) is 23.4 Å². The first-order valence-electron chi connectivity index (χ1n) is 6.81. The number of nitrogens with zero attached hydrogens (tertiary/aromatic N) is 3. The molecule has 0 N–H and O–H groups in total. The van der Waals surface area contributed by atoms with Gasteiger partial charge < -0.3 is 9.30 Å². The van der Waals surface area contributed by atoms with Crippen molar-refractivity contribution in [2.75, 3.05) is 13.0 Å². The van der Waals surface area contributed by atoms with Crippen molar-refractivity contribution in [2.24, 2.45) is 0 Å². The van der Waals surface area contributed by atoms with Crippen LogP contribution >= 0.6 is 11.6 Å². The highest BCUT2D eigenvalue weighted by Gasteiger charge is 2.23. The summed E-state index contributed by atoms with van der Waals surface area (Å²) in [6.45, 7) is 0. The molecule has 2 aromatic heterocycles. The summed E-state index contributed by atoms with van der Waals surface area (Å²) in [5, 5.41) is 0. The monoisotopic (exact) mass is 279 g/mol. The molecule has 5 heteroatoms. The summed E-state index contributed by atoms with van der Waals surface area (Å²) in [5.74, 6) is 2.29. The zero-order valence-electron chi connectivity index (χ0n) is 11.1. The fourth-order valence-electron chi connectivity index (χ4n) is 2.92. The van der Waals surface area contributed by atoms with E-state index in [1.54, 1.807) is 7.11 Å². The molecule has 102 valence electrons. The third kappa shape index (κ3) is 2.29. The number of ether oxygens (including phenoxy) is 1. The van der Waals surface area contributed by atoms with Gasteiger partial charge in [-0.05, 0) is 18.9 Å². The van der Waals surface area contributed by atoms with Gasteiger partial charge in [0.1, 0.15) is 11.3 Å². The zero-order chi connectivity index (χ0) is 13.2. The molecule has 0 unspecified atom stereocenters. The molecule has 1 aliphatic carbocycles. The molecule has 2 aromatic rings. The minimum atomic E-state index is 0.517. The molecular weight excluding hydrogens is 262 g/mol. The molecule has 0 atom stereocenters. The van der Waals surface area contributed by atoms with Crippen LogP contribution in [0.2, 0.25) is 0 Å². The summed E-state index contributed by atoms with van der Waals surface area (Å²) in [5.41, 5.74) is 1.87. The van der Waals surface area contributed by atoms with Crippen LogP contribution in [-0.2, 0) is 6.42 Å². The third-order valence-electron chi connectivity index (χ3n) is 3.80. The van der Waals surface area contributed by atoms with Crippen molar-refractivity contribution in [3.63, 3.8) is 0 Å². The Hall–Kier alpha value is -1.29. The fraction of sp³-hybridized carbons (Fsp3) is 0.571. The Morgan fingerprint density at radius 1 is 1.32 bits per heavy atom. The number of imidazole rings is 1. The van der Waals surface area contributed by atoms with Crippen molar-refractivity contribution < 1.29 is 4.74 Å². The van der Waals surface area contributed by atoms with E-state index in [2.05, 4.69) is 14.5 Å². The lowest BCUT2D eigenvalue weighted by molar-refractivity contribution is 0.398. The van der Waals surface area contributed by atoms with Gasteiger partial charge in [-0.1, -0.05) is 12.8 Å². The Morgan fingerprint density at radius 2 is 2.11 bits per heavy atom. The molecule has 3 rings (SSSR count). The van der Waals surface area contributed by atoms with Crippen LogP contribution in [0.15, 0.2) is 12.1 Å². The first kappa shape index (κ1) is 12.7. The number of methoxy groups -OCH3 is 1. The summed E-state index contributed by atoms with van der Waals surface area (Å²) in [7, 11) is 1.64. The highest BCUT2D eigenvalue weighted by atomic mass is 35.5. The smallest absolute Gasteiger partial charge is 0.215 e. The minimum absolute atomic E-state index is 0.517. The van der Waals surface area contributed by atoms with Gasteiger partial charge in [-0.2, -0.15) is 4.98 Å². The number of halogens is 1. The Labute approximate surface area is 117 Å². The Kier molecular flexibility index (Phi) is 3.60. The van der Waals surface area contributed by atoms with E-state index < -0.39 is 0 Å². The highest BCUT2D eigenvalue weighted by Crippen LogP contribution is 2.33. The van der Waals surface area contributed by atoms with Gasteiger partial charge in [-0.25, -0.2) is 4.98 Å². The summed E-state index contributed by atoms with van der Waals surface area (Å²) >= 11 is 5.90. The first-order chi connectivity index (χ1) is 9.33. The van der Waals surface area contributed by atoms with E-state index in [0.29, 0.717) is 17.8 Å². The lowest BCUT2D eigenvalue weighted by atomic mass is 10.2.